The zero-order chi connectivity index (χ0) is 17.9. The molecule has 6 nitrogen and oxygen atoms in total. The van der Waals surface area contributed by atoms with Gasteiger partial charge in [0.05, 0.1) is 5.41 Å². The van der Waals surface area contributed by atoms with Gasteiger partial charge in [-0.15, -0.1) is 0 Å². The van der Waals surface area contributed by atoms with Gasteiger partial charge in [0.15, 0.2) is 0 Å². The monoisotopic (exact) mass is 342 g/mol. The van der Waals surface area contributed by atoms with Gasteiger partial charge in [0.1, 0.15) is 0 Å². The lowest BCUT2D eigenvalue weighted by Gasteiger charge is -2.38. The highest BCUT2D eigenvalue weighted by Gasteiger charge is 2.37. The Balaban J connectivity index is 1.58. The molecule has 0 radical (unpaired) electrons. The molecule has 1 saturated heterocycles. The minimum absolute atomic E-state index is 0.142. The van der Waals surface area contributed by atoms with Crippen LogP contribution >= 0.6 is 0 Å². The van der Waals surface area contributed by atoms with Crippen LogP contribution in [0.2, 0.25) is 0 Å². The summed E-state index contributed by atoms with van der Waals surface area (Å²) < 4.78 is 5.00. The maximum Gasteiger partial charge on any atom is 0.227 e. The van der Waals surface area contributed by atoms with E-state index in [1.165, 1.54) is 0 Å². The first-order valence-electron chi connectivity index (χ1n) is 8.90. The quantitative estimate of drug-likeness (QED) is 0.905. The molecule has 1 atom stereocenters. The minimum atomic E-state index is -0.295. The number of rotatable bonds is 5. The van der Waals surface area contributed by atoms with Crippen LogP contribution in [0.25, 0.3) is 11.4 Å². The van der Waals surface area contributed by atoms with Gasteiger partial charge in [-0.25, -0.2) is 0 Å². The molecule has 0 aliphatic carbocycles. The van der Waals surface area contributed by atoms with Crippen molar-refractivity contribution in [1.29, 1.82) is 0 Å². The number of hydrogen-bond donors (Lipinski definition) is 1. The van der Waals surface area contributed by atoms with E-state index < -0.39 is 0 Å². The Labute approximate surface area is 148 Å². The molecule has 0 unspecified atom stereocenters. The SMILES string of the molecule is CCN1CCC[C@@](C)(C(=O)NCc2ccc(-c3noc(C)n3)cc2)C1. The van der Waals surface area contributed by atoms with Crippen LogP contribution in [-0.2, 0) is 11.3 Å². The van der Waals surface area contributed by atoms with Crippen molar-refractivity contribution in [3.8, 4) is 11.4 Å². The van der Waals surface area contributed by atoms with E-state index in [1.807, 2.05) is 24.3 Å². The number of benzene rings is 1. The van der Waals surface area contributed by atoms with E-state index in [0.29, 0.717) is 18.3 Å². The van der Waals surface area contributed by atoms with Gasteiger partial charge in [0.25, 0.3) is 0 Å². The van der Waals surface area contributed by atoms with E-state index in [1.54, 1.807) is 6.92 Å². The number of hydrogen-bond acceptors (Lipinski definition) is 5. The number of carbonyl (C=O) groups excluding carboxylic acids is 1. The fourth-order valence-corrected chi connectivity index (χ4v) is 3.38. The Morgan fingerprint density at radius 3 is 2.76 bits per heavy atom. The van der Waals surface area contributed by atoms with Crippen molar-refractivity contribution in [1.82, 2.24) is 20.4 Å². The van der Waals surface area contributed by atoms with Gasteiger partial charge in [-0.3, -0.25) is 4.79 Å². The molecular formula is C19H26N4O2. The molecule has 0 saturated carbocycles. The number of carbonyl (C=O) groups is 1. The molecule has 1 fully saturated rings. The van der Waals surface area contributed by atoms with E-state index in [0.717, 1.165) is 43.6 Å². The summed E-state index contributed by atoms with van der Waals surface area (Å²) in [6.07, 6.45) is 2.03. The third kappa shape index (κ3) is 4.07. The topological polar surface area (TPSA) is 71.3 Å². The number of piperidine rings is 1. The summed E-state index contributed by atoms with van der Waals surface area (Å²) >= 11 is 0. The zero-order valence-electron chi connectivity index (χ0n) is 15.2. The molecule has 1 N–H and O–H groups in total. The lowest BCUT2D eigenvalue weighted by atomic mass is 9.81. The largest absolute Gasteiger partial charge is 0.352 e. The Hall–Kier alpha value is -2.21. The summed E-state index contributed by atoms with van der Waals surface area (Å²) in [6, 6.07) is 7.88. The summed E-state index contributed by atoms with van der Waals surface area (Å²) in [5, 5.41) is 7.02. The van der Waals surface area contributed by atoms with Gasteiger partial charge >= 0.3 is 0 Å². The molecule has 1 amide bonds. The van der Waals surface area contributed by atoms with Crippen LogP contribution in [0.1, 0.15) is 38.1 Å². The Morgan fingerprint density at radius 2 is 2.12 bits per heavy atom. The minimum Gasteiger partial charge on any atom is -0.352 e. The molecule has 1 aromatic heterocycles. The van der Waals surface area contributed by atoms with Gasteiger partial charge in [-0.1, -0.05) is 36.3 Å². The third-order valence-corrected chi connectivity index (χ3v) is 4.96. The van der Waals surface area contributed by atoms with Crippen LogP contribution in [0.15, 0.2) is 28.8 Å². The fraction of sp³-hybridized carbons (Fsp3) is 0.526. The van der Waals surface area contributed by atoms with Crippen LogP contribution in [-0.4, -0.2) is 40.6 Å². The number of nitrogens with zero attached hydrogens (tertiary/aromatic N) is 3. The number of nitrogens with one attached hydrogen (secondary N) is 1. The lowest BCUT2D eigenvalue weighted by Crippen LogP contribution is -2.50. The van der Waals surface area contributed by atoms with Crippen LogP contribution in [0.5, 0.6) is 0 Å². The molecule has 134 valence electrons. The predicted octanol–water partition coefficient (Wildman–Crippen LogP) is 2.78. The lowest BCUT2D eigenvalue weighted by molar-refractivity contribution is -0.133. The molecule has 1 aliphatic rings. The van der Waals surface area contributed by atoms with Crippen molar-refractivity contribution < 1.29 is 9.32 Å². The molecule has 6 heteroatoms. The highest BCUT2D eigenvalue weighted by Crippen LogP contribution is 2.29. The van der Waals surface area contributed by atoms with Gasteiger partial charge < -0.3 is 14.7 Å². The number of likely N-dealkylation sites (tertiary alicyclic amines) is 1. The summed E-state index contributed by atoms with van der Waals surface area (Å²) in [7, 11) is 0. The molecule has 2 aromatic rings. The van der Waals surface area contributed by atoms with Crippen molar-refractivity contribution in [2.45, 2.75) is 40.2 Å². The average Bonchev–Trinajstić information content (AvgIpc) is 3.06. The number of aromatic nitrogens is 2. The first kappa shape index (κ1) is 17.6. The second-order valence-electron chi connectivity index (χ2n) is 7.05. The molecule has 0 spiro atoms. The van der Waals surface area contributed by atoms with Crippen molar-refractivity contribution in [3.05, 3.63) is 35.7 Å². The highest BCUT2D eigenvalue weighted by molar-refractivity contribution is 5.82. The maximum absolute atomic E-state index is 12.7. The first-order valence-corrected chi connectivity index (χ1v) is 8.90. The number of aryl methyl sites for hydroxylation is 1. The predicted molar refractivity (Wildman–Crippen MR) is 95.8 cm³/mol. The summed E-state index contributed by atoms with van der Waals surface area (Å²) in [5.41, 5.74) is 1.67. The Bertz CT molecular complexity index is 725. The van der Waals surface area contributed by atoms with E-state index in [2.05, 4.69) is 34.2 Å². The molecule has 1 aromatic carbocycles. The normalized spacial score (nSPS) is 21.2. The summed E-state index contributed by atoms with van der Waals surface area (Å²) in [5.74, 6) is 1.28. The second-order valence-corrected chi connectivity index (χ2v) is 7.05. The molecule has 0 bridgehead atoms. The summed E-state index contributed by atoms with van der Waals surface area (Å²) in [6.45, 7) is 9.46. The number of amides is 1. The maximum atomic E-state index is 12.7. The van der Waals surface area contributed by atoms with E-state index in [4.69, 9.17) is 4.52 Å². The van der Waals surface area contributed by atoms with Crippen LogP contribution < -0.4 is 5.32 Å². The third-order valence-electron chi connectivity index (χ3n) is 4.96. The smallest absolute Gasteiger partial charge is 0.227 e. The molecule has 3 rings (SSSR count). The van der Waals surface area contributed by atoms with Crippen molar-refractivity contribution in [2.75, 3.05) is 19.6 Å². The van der Waals surface area contributed by atoms with Gasteiger partial charge in [0, 0.05) is 25.6 Å². The second kappa shape index (κ2) is 7.35. The first-order chi connectivity index (χ1) is 12.0. The molecule has 25 heavy (non-hydrogen) atoms. The highest BCUT2D eigenvalue weighted by atomic mass is 16.5. The standard InChI is InChI=1S/C19H26N4O2/c1-4-23-11-5-10-19(3,13-23)18(24)20-12-15-6-8-16(9-7-15)17-21-14(2)25-22-17/h6-9H,4-5,10-13H2,1-3H3,(H,20,24)/t19-/m1/s1. The van der Waals surface area contributed by atoms with E-state index >= 15 is 0 Å². The van der Waals surface area contributed by atoms with Crippen molar-refractivity contribution in [2.24, 2.45) is 5.41 Å². The van der Waals surface area contributed by atoms with Crippen LogP contribution in [0.4, 0.5) is 0 Å². The summed E-state index contributed by atoms with van der Waals surface area (Å²) in [4.78, 5) is 19.2. The van der Waals surface area contributed by atoms with Gasteiger partial charge in [0.2, 0.25) is 17.6 Å². The van der Waals surface area contributed by atoms with Crippen LogP contribution in [0.3, 0.4) is 0 Å². The molecular weight excluding hydrogens is 316 g/mol. The fourth-order valence-electron chi connectivity index (χ4n) is 3.38. The van der Waals surface area contributed by atoms with Crippen molar-refractivity contribution >= 4 is 5.91 Å². The molecule has 2 heterocycles. The van der Waals surface area contributed by atoms with Gasteiger partial charge in [-0.05, 0) is 38.4 Å². The van der Waals surface area contributed by atoms with E-state index in [-0.39, 0.29) is 11.3 Å². The van der Waals surface area contributed by atoms with Gasteiger partial charge in [-0.2, -0.15) is 4.98 Å². The zero-order valence-corrected chi connectivity index (χ0v) is 15.2. The Morgan fingerprint density at radius 1 is 1.36 bits per heavy atom. The van der Waals surface area contributed by atoms with Crippen LogP contribution in [0, 0.1) is 12.3 Å². The van der Waals surface area contributed by atoms with Crippen molar-refractivity contribution in [3.63, 3.8) is 0 Å². The molecule has 1 aliphatic heterocycles. The Kier molecular flexibility index (Phi) is 5.18. The van der Waals surface area contributed by atoms with E-state index in [9.17, 15) is 4.79 Å². The average molecular weight is 342 g/mol.